The van der Waals surface area contributed by atoms with Gasteiger partial charge in [0.1, 0.15) is 0 Å². The molecule has 0 atom stereocenters. The first-order valence-corrected chi connectivity index (χ1v) is 5.64. The molecule has 0 saturated carbocycles. The number of rotatable bonds is 4. The topological polar surface area (TPSA) is 40.5 Å². The van der Waals surface area contributed by atoms with Crippen molar-refractivity contribution in [3.05, 3.63) is 34.3 Å². The number of benzene rings is 1. The highest BCUT2D eigenvalue weighted by molar-refractivity contribution is 9.10. The minimum absolute atomic E-state index is 0.00386. The monoisotopic (exact) mass is 271 g/mol. The van der Waals surface area contributed by atoms with Gasteiger partial charge in [-0.25, -0.2) is 0 Å². The van der Waals surface area contributed by atoms with E-state index in [0.29, 0.717) is 18.7 Å². The normalized spacial score (nSPS) is 10.1. The van der Waals surface area contributed by atoms with Crippen LogP contribution in [0, 0.1) is 0 Å². The third-order valence-electron chi connectivity index (χ3n) is 2.13. The van der Waals surface area contributed by atoms with Crippen LogP contribution in [0.25, 0.3) is 0 Å². The first kappa shape index (κ1) is 12.2. The third kappa shape index (κ3) is 3.32. The van der Waals surface area contributed by atoms with Crippen molar-refractivity contribution in [2.24, 2.45) is 0 Å². The Morgan fingerprint density at radius 3 is 2.47 bits per heavy atom. The van der Waals surface area contributed by atoms with Gasteiger partial charge in [0.2, 0.25) is 0 Å². The number of amides is 1. The van der Waals surface area contributed by atoms with Crippen molar-refractivity contribution >= 4 is 21.8 Å². The number of hydrogen-bond acceptors (Lipinski definition) is 2. The second-order valence-electron chi connectivity index (χ2n) is 3.12. The van der Waals surface area contributed by atoms with Gasteiger partial charge in [-0.15, -0.1) is 0 Å². The van der Waals surface area contributed by atoms with Crippen molar-refractivity contribution in [1.82, 2.24) is 4.90 Å². The number of carbonyl (C=O) groups excluding carboxylic acids is 1. The van der Waals surface area contributed by atoms with Gasteiger partial charge in [-0.3, -0.25) is 4.79 Å². The maximum absolute atomic E-state index is 11.9. The molecule has 82 valence electrons. The predicted octanol–water partition coefficient (Wildman–Crippen LogP) is 1.90. The van der Waals surface area contributed by atoms with Crippen molar-refractivity contribution in [2.45, 2.75) is 6.92 Å². The van der Waals surface area contributed by atoms with Gasteiger partial charge in [0.15, 0.2) is 0 Å². The van der Waals surface area contributed by atoms with Gasteiger partial charge < -0.3 is 10.0 Å². The summed E-state index contributed by atoms with van der Waals surface area (Å²) in [6.07, 6.45) is 0. The fraction of sp³-hybridized carbons (Fsp3) is 0.364. The van der Waals surface area contributed by atoms with Crippen LogP contribution in [0.15, 0.2) is 28.7 Å². The summed E-state index contributed by atoms with van der Waals surface area (Å²) in [6.45, 7) is 2.88. The molecule has 0 aliphatic rings. The first-order chi connectivity index (χ1) is 7.19. The van der Waals surface area contributed by atoms with E-state index in [1.165, 1.54) is 0 Å². The van der Waals surface area contributed by atoms with Crippen LogP contribution < -0.4 is 0 Å². The molecule has 1 aromatic carbocycles. The lowest BCUT2D eigenvalue weighted by Crippen LogP contribution is -2.33. The summed E-state index contributed by atoms with van der Waals surface area (Å²) in [7, 11) is 0. The second-order valence-corrected chi connectivity index (χ2v) is 4.03. The van der Waals surface area contributed by atoms with Crippen molar-refractivity contribution in [3.63, 3.8) is 0 Å². The van der Waals surface area contributed by atoms with E-state index in [1.54, 1.807) is 17.0 Å². The molecule has 0 saturated heterocycles. The van der Waals surface area contributed by atoms with E-state index in [-0.39, 0.29) is 12.5 Å². The number of likely N-dealkylation sites (N-methyl/N-ethyl adjacent to an activating group) is 1. The van der Waals surface area contributed by atoms with Gasteiger partial charge in [-0.1, -0.05) is 15.9 Å². The third-order valence-corrected chi connectivity index (χ3v) is 2.66. The number of aliphatic hydroxyl groups excluding tert-OH is 1. The van der Waals surface area contributed by atoms with Crippen molar-refractivity contribution in [1.29, 1.82) is 0 Å². The van der Waals surface area contributed by atoms with Crippen molar-refractivity contribution in [3.8, 4) is 0 Å². The zero-order valence-corrected chi connectivity index (χ0v) is 10.2. The van der Waals surface area contributed by atoms with Gasteiger partial charge in [0.05, 0.1) is 6.61 Å². The van der Waals surface area contributed by atoms with E-state index < -0.39 is 0 Å². The van der Waals surface area contributed by atoms with E-state index in [1.807, 2.05) is 19.1 Å². The zero-order chi connectivity index (χ0) is 11.3. The fourth-order valence-corrected chi connectivity index (χ4v) is 1.56. The zero-order valence-electron chi connectivity index (χ0n) is 8.61. The predicted molar refractivity (Wildman–Crippen MR) is 62.8 cm³/mol. The standard InChI is InChI=1S/C11H14BrNO2/c1-2-13(7-8-14)11(15)9-3-5-10(12)6-4-9/h3-6,14H,2,7-8H2,1H3. The van der Waals surface area contributed by atoms with E-state index >= 15 is 0 Å². The summed E-state index contributed by atoms with van der Waals surface area (Å²) < 4.78 is 0.948. The molecule has 1 aromatic rings. The molecular formula is C11H14BrNO2. The van der Waals surface area contributed by atoms with Gasteiger partial charge in [-0.05, 0) is 31.2 Å². The lowest BCUT2D eigenvalue weighted by Gasteiger charge is -2.19. The Labute approximate surface area is 97.8 Å². The van der Waals surface area contributed by atoms with Crippen LogP contribution in [-0.2, 0) is 0 Å². The summed E-state index contributed by atoms with van der Waals surface area (Å²) in [5.41, 5.74) is 0.647. The molecule has 0 aromatic heterocycles. The number of hydrogen-bond donors (Lipinski definition) is 1. The molecule has 1 rings (SSSR count). The minimum Gasteiger partial charge on any atom is -0.395 e. The van der Waals surface area contributed by atoms with E-state index in [4.69, 9.17) is 5.11 Å². The lowest BCUT2D eigenvalue weighted by molar-refractivity contribution is 0.0732. The second kappa shape index (κ2) is 5.88. The van der Waals surface area contributed by atoms with Gasteiger partial charge >= 0.3 is 0 Å². The number of aliphatic hydroxyl groups is 1. The van der Waals surface area contributed by atoms with E-state index in [9.17, 15) is 4.79 Å². The molecule has 1 N–H and O–H groups in total. The summed E-state index contributed by atoms with van der Waals surface area (Å²) >= 11 is 3.31. The summed E-state index contributed by atoms with van der Waals surface area (Å²) in [4.78, 5) is 13.5. The van der Waals surface area contributed by atoms with Crippen LogP contribution in [-0.4, -0.2) is 35.6 Å². The quantitative estimate of drug-likeness (QED) is 0.909. The van der Waals surface area contributed by atoms with Crippen LogP contribution in [0.3, 0.4) is 0 Å². The van der Waals surface area contributed by atoms with Crippen molar-refractivity contribution < 1.29 is 9.90 Å². The van der Waals surface area contributed by atoms with Crippen LogP contribution in [0.4, 0.5) is 0 Å². The number of halogens is 1. The molecular weight excluding hydrogens is 258 g/mol. The molecule has 0 heterocycles. The summed E-state index contributed by atoms with van der Waals surface area (Å²) in [6, 6.07) is 7.21. The molecule has 0 unspecified atom stereocenters. The largest absolute Gasteiger partial charge is 0.395 e. The highest BCUT2D eigenvalue weighted by Gasteiger charge is 2.12. The molecule has 15 heavy (non-hydrogen) atoms. The fourth-order valence-electron chi connectivity index (χ4n) is 1.30. The molecule has 3 nitrogen and oxygen atoms in total. The van der Waals surface area contributed by atoms with E-state index in [0.717, 1.165) is 4.47 Å². The van der Waals surface area contributed by atoms with Gasteiger partial charge in [0, 0.05) is 23.1 Å². The van der Waals surface area contributed by atoms with E-state index in [2.05, 4.69) is 15.9 Å². The molecule has 0 radical (unpaired) electrons. The average molecular weight is 272 g/mol. The highest BCUT2D eigenvalue weighted by Crippen LogP contribution is 2.12. The maximum atomic E-state index is 11.9. The Morgan fingerprint density at radius 1 is 1.40 bits per heavy atom. The molecule has 0 spiro atoms. The Hall–Kier alpha value is -0.870. The van der Waals surface area contributed by atoms with Gasteiger partial charge in [-0.2, -0.15) is 0 Å². The van der Waals surface area contributed by atoms with Gasteiger partial charge in [0.25, 0.3) is 5.91 Å². The summed E-state index contributed by atoms with van der Waals surface area (Å²) in [5.74, 6) is -0.0425. The molecule has 0 fully saturated rings. The first-order valence-electron chi connectivity index (χ1n) is 4.84. The Kier molecular flexibility index (Phi) is 4.78. The molecule has 0 aliphatic carbocycles. The lowest BCUT2D eigenvalue weighted by atomic mass is 10.2. The maximum Gasteiger partial charge on any atom is 0.253 e. The van der Waals surface area contributed by atoms with Crippen LogP contribution in [0.5, 0.6) is 0 Å². The Morgan fingerprint density at radius 2 is 2.00 bits per heavy atom. The van der Waals surface area contributed by atoms with Crippen LogP contribution in [0.2, 0.25) is 0 Å². The van der Waals surface area contributed by atoms with Crippen LogP contribution >= 0.6 is 15.9 Å². The number of carbonyl (C=O) groups is 1. The Bertz CT molecular complexity index is 324. The van der Waals surface area contributed by atoms with Crippen molar-refractivity contribution in [2.75, 3.05) is 19.7 Å². The molecule has 0 bridgehead atoms. The minimum atomic E-state index is -0.0425. The average Bonchev–Trinajstić information content (AvgIpc) is 2.26. The molecule has 0 aliphatic heterocycles. The smallest absolute Gasteiger partial charge is 0.253 e. The molecule has 4 heteroatoms. The van der Waals surface area contributed by atoms with Crippen LogP contribution in [0.1, 0.15) is 17.3 Å². The SMILES string of the molecule is CCN(CCO)C(=O)c1ccc(Br)cc1. The summed E-state index contributed by atoms with van der Waals surface area (Å²) in [5, 5.41) is 8.81. The highest BCUT2D eigenvalue weighted by atomic mass is 79.9. The molecule has 1 amide bonds. The number of nitrogens with zero attached hydrogens (tertiary/aromatic N) is 1. The Balaban J connectivity index is 2.78.